The van der Waals surface area contributed by atoms with Crippen molar-refractivity contribution in [3.05, 3.63) is 29.3 Å². The van der Waals surface area contributed by atoms with Gasteiger partial charge in [-0.15, -0.1) is 0 Å². The van der Waals surface area contributed by atoms with Gasteiger partial charge < -0.3 is 14.7 Å². The fourth-order valence-corrected chi connectivity index (χ4v) is 4.10. The van der Waals surface area contributed by atoms with E-state index in [1.54, 1.807) is 6.07 Å². The number of piperidine rings is 2. The molecule has 0 aromatic heterocycles. The Balaban J connectivity index is 1.98. The van der Waals surface area contributed by atoms with E-state index in [1.165, 1.54) is 13.2 Å². The van der Waals surface area contributed by atoms with Crippen LogP contribution in [0.3, 0.4) is 0 Å². The third kappa shape index (κ3) is 2.94. The summed E-state index contributed by atoms with van der Waals surface area (Å²) in [7, 11) is 3.27. The van der Waals surface area contributed by atoms with Crippen molar-refractivity contribution in [2.24, 2.45) is 0 Å². The fourth-order valence-electron chi connectivity index (χ4n) is 4.10. The number of alkyl halides is 3. The maximum atomic E-state index is 13.2. The second-order valence-corrected chi connectivity index (χ2v) is 6.76. The summed E-state index contributed by atoms with van der Waals surface area (Å²) in [6.07, 6.45) is -0.465. The lowest BCUT2D eigenvalue weighted by Gasteiger charge is -2.51. The van der Waals surface area contributed by atoms with Crippen LogP contribution in [0, 0.1) is 0 Å². The molecule has 2 aliphatic heterocycles. The Kier molecular flexibility index (Phi) is 4.09. The van der Waals surface area contributed by atoms with Crippen molar-refractivity contribution in [1.82, 2.24) is 4.90 Å². The molecule has 2 unspecified atom stereocenters. The number of hydrogen-bond acceptors (Lipinski definition) is 3. The van der Waals surface area contributed by atoms with Crippen molar-refractivity contribution in [1.29, 1.82) is 0 Å². The Hall–Kier alpha value is -1.27. The molecule has 1 aromatic carbocycles. The summed E-state index contributed by atoms with van der Waals surface area (Å²) >= 11 is 0. The second-order valence-electron chi connectivity index (χ2n) is 6.76. The maximum absolute atomic E-state index is 13.2. The molecule has 3 nitrogen and oxygen atoms in total. The van der Waals surface area contributed by atoms with E-state index >= 15 is 0 Å². The highest BCUT2D eigenvalue weighted by atomic mass is 19.4. The summed E-state index contributed by atoms with van der Waals surface area (Å²) in [4.78, 5) is 2.27. The average Bonchev–Trinajstić information content (AvgIpc) is 2.47. The molecule has 0 aliphatic carbocycles. The molecule has 128 valence electrons. The highest BCUT2D eigenvalue weighted by molar-refractivity contribution is 5.41. The number of methoxy groups -OCH3 is 1. The van der Waals surface area contributed by atoms with Crippen LogP contribution in [0.1, 0.15) is 43.2 Å². The second kappa shape index (κ2) is 5.67. The summed E-state index contributed by atoms with van der Waals surface area (Å²) in [5.74, 6) is -0.210. The number of benzene rings is 1. The molecule has 0 saturated carbocycles. The molecular weight excluding hydrogens is 307 g/mol. The molecule has 23 heavy (non-hydrogen) atoms. The first kappa shape index (κ1) is 16.6. The normalized spacial score (nSPS) is 31.9. The average molecular weight is 329 g/mol. The van der Waals surface area contributed by atoms with E-state index in [0.29, 0.717) is 18.4 Å². The van der Waals surface area contributed by atoms with E-state index in [0.717, 1.165) is 25.3 Å². The lowest BCUT2D eigenvalue weighted by molar-refractivity contribution is -0.139. The third-order valence-electron chi connectivity index (χ3n) is 5.42. The van der Waals surface area contributed by atoms with Gasteiger partial charge in [-0.25, -0.2) is 0 Å². The van der Waals surface area contributed by atoms with Crippen LogP contribution >= 0.6 is 0 Å². The molecule has 0 amide bonds. The molecule has 1 N–H and O–H groups in total. The van der Waals surface area contributed by atoms with E-state index in [2.05, 4.69) is 4.90 Å². The minimum atomic E-state index is -4.50. The maximum Gasteiger partial charge on any atom is 0.419 e. The summed E-state index contributed by atoms with van der Waals surface area (Å²) in [6, 6.07) is 4.38. The first-order valence-electron chi connectivity index (χ1n) is 7.94. The molecule has 2 aliphatic rings. The van der Waals surface area contributed by atoms with Crippen LogP contribution in [0.2, 0.25) is 0 Å². The molecule has 2 bridgehead atoms. The fraction of sp³-hybridized carbons (Fsp3) is 0.647. The molecule has 6 heteroatoms. The minimum Gasteiger partial charge on any atom is -0.496 e. The molecule has 0 radical (unpaired) electrons. The van der Waals surface area contributed by atoms with E-state index in [1.807, 2.05) is 7.05 Å². The molecule has 2 atom stereocenters. The van der Waals surface area contributed by atoms with Crippen LogP contribution in [0.5, 0.6) is 5.75 Å². The number of nitrogens with zero attached hydrogens (tertiary/aromatic N) is 1. The standard InChI is InChI=1S/C17H22F3NO2/c1-21-12-4-3-5-13(21)10-16(22,9-12)11-6-7-15(23-2)14(8-11)17(18,19)20/h6-8,12-13,22H,3-5,9-10H2,1-2H3. The van der Waals surface area contributed by atoms with Crippen molar-refractivity contribution in [3.63, 3.8) is 0 Å². The van der Waals surface area contributed by atoms with Gasteiger partial charge in [0.05, 0.1) is 18.3 Å². The van der Waals surface area contributed by atoms with Gasteiger partial charge in [0.15, 0.2) is 0 Å². The van der Waals surface area contributed by atoms with Crippen LogP contribution in [0.4, 0.5) is 13.2 Å². The number of ether oxygens (including phenoxy) is 1. The van der Waals surface area contributed by atoms with Gasteiger partial charge in [0.1, 0.15) is 5.75 Å². The van der Waals surface area contributed by atoms with E-state index in [-0.39, 0.29) is 17.8 Å². The Labute approximate surface area is 134 Å². The largest absolute Gasteiger partial charge is 0.496 e. The number of fused-ring (bicyclic) bond motifs is 2. The smallest absolute Gasteiger partial charge is 0.419 e. The molecule has 2 saturated heterocycles. The van der Waals surface area contributed by atoms with Gasteiger partial charge in [-0.3, -0.25) is 0 Å². The van der Waals surface area contributed by atoms with Gasteiger partial charge >= 0.3 is 6.18 Å². The Bertz CT molecular complexity index is 574. The first-order valence-corrected chi connectivity index (χ1v) is 7.94. The molecular formula is C17H22F3NO2. The van der Waals surface area contributed by atoms with Crippen molar-refractivity contribution in [3.8, 4) is 5.75 Å². The van der Waals surface area contributed by atoms with E-state index in [4.69, 9.17) is 4.74 Å². The van der Waals surface area contributed by atoms with Crippen LogP contribution in [0.15, 0.2) is 18.2 Å². The summed E-state index contributed by atoms with van der Waals surface area (Å²) in [5.41, 5.74) is -1.68. The van der Waals surface area contributed by atoms with Gasteiger partial charge in [0.2, 0.25) is 0 Å². The predicted molar refractivity (Wildman–Crippen MR) is 80.3 cm³/mol. The summed E-state index contributed by atoms with van der Waals surface area (Å²) < 4.78 is 44.5. The molecule has 1 aromatic rings. The van der Waals surface area contributed by atoms with Crippen molar-refractivity contribution >= 4 is 0 Å². The predicted octanol–water partition coefficient (Wildman–Crippen LogP) is 3.55. The highest BCUT2D eigenvalue weighted by Crippen LogP contribution is 2.46. The minimum absolute atomic E-state index is 0.210. The van der Waals surface area contributed by atoms with Crippen LogP contribution in [0.25, 0.3) is 0 Å². The van der Waals surface area contributed by atoms with Gasteiger partial charge in [-0.2, -0.15) is 13.2 Å². The Morgan fingerprint density at radius 2 is 1.83 bits per heavy atom. The zero-order valence-electron chi connectivity index (χ0n) is 13.4. The van der Waals surface area contributed by atoms with Gasteiger partial charge in [0.25, 0.3) is 0 Å². The van der Waals surface area contributed by atoms with E-state index < -0.39 is 17.3 Å². The molecule has 2 fully saturated rings. The molecule has 3 rings (SSSR count). The molecule has 0 spiro atoms. The number of aliphatic hydroxyl groups is 1. The summed E-state index contributed by atoms with van der Waals surface area (Å²) in [6.45, 7) is 0. The number of rotatable bonds is 2. The number of hydrogen-bond donors (Lipinski definition) is 1. The zero-order valence-corrected chi connectivity index (χ0v) is 13.4. The Morgan fingerprint density at radius 1 is 1.22 bits per heavy atom. The quantitative estimate of drug-likeness (QED) is 0.901. The lowest BCUT2D eigenvalue weighted by atomic mass is 9.72. The SMILES string of the molecule is COc1ccc(C2(O)CC3CCCC(C2)N3C)cc1C(F)(F)F. The topological polar surface area (TPSA) is 32.7 Å². The zero-order chi connectivity index (χ0) is 16.8. The van der Waals surface area contributed by atoms with Crippen molar-refractivity contribution in [2.75, 3.05) is 14.2 Å². The van der Waals surface area contributed by atoms with Crippen molar-refractivity contribution in [2.45, 2.75) is 56.0 Å². The van der Waals surface area contributed by atoms with Crippen LogP contribution < -0.4 is 4.74 Å². The number of halogens is 3. The Morgan fingerprint density at radius 3 is 2.35 bits per heavy atom. The van der Waals surface area contributed by atoms with E-state index in [9.17, 15) is 18.3 Å². The first-order chi connectivity index (χ1) is 10.7. The van der Waals surface area contributed by atoms with Crippen LogP contribution in [-0.4, -0.2) is 36.2 Å². The monoisotopic (exact) mass is 329 g/mol. The highest BCUT2D eigenvalue weighted by Gasteiger charge is 2.46. The molecule has 2 heterocycles. The third-order valence-corrected chi connectivity index (χ3v) is 5.42. The van der Waals surface area contributed by atoms with Gasteiger partial charge in [-0.05, 0) is 50.4 Å². The van der Waals surface area contributed by atoms with Crippen molar-refractivity contribution < 1.29 is 23.0 Å². The van der Waals surface area contributed by atoms with Gasteiger partial charge in [0, 0.05) is 12.1 Å². The van der Waals surface area contributed by atoms with Crippen LogP contribution in [-0.2, 0) is 11.8 Å². The van der Waals surface area contributed by atoms with Gasteiger partial charge in [-0.1, -0.05) is 12.5 Å². The lowest BCUT2D eigenvalue weighted by Crippen LogP contribution is -2.55. The summed E-state index contributed by atoms with van der Waals surface area (Å²) in [5, 5.41) is 11.1.